The van der Waals surface area contributed by atoms with Gasteiger partial charge >= 0.3 is 5.97 Å². The Hall–Kier alpha value is -3.63. The van der Waals surface area contributed by atoms with Gasteiger partial charge in [0, 0.05) is 25.7 Å². The number of likely N-dealkylation sites (tertiary alicyclic amines) is 1. The fourth-order valence-electron chi connectivity index (χ4n) is 4.32. The second-order valence-corrected chi connectivity index (χ2v) is 9.15. The molecule has 11 nitrogen and oxygen atoms in total. The summed E-state index contributed by atoms with van der Waals surface area (Å²) in [5, 5.41) is 18.3. The molecule has 0 bridgehead atoms. The number of hydrazone groups is 1. The summed E-state index contributed by atoms with van der Waals surface area (Å²) in [5.74, 6) is 2.98. The molecule has 0 aromatic heterocycles. The highest BCUT2D eigenvalue weighted by Crippen LogP contribution is 2.27. The van der Waals surface area contributed by atoms with Crippen LogP contribution in [0.4, 0.5) is 0 Å². The number of nitrogens with one attached hydrogen (secondary N) is 2. The number of carbonyl (C=O) groups excluding carboxylic acids is 3. The van der Waals surface area contributed by atoms with Crippen LogP contribution in [-0.4, -0.2) is 83.2 Å². The summed E-state index contributed by atoms with van der Waals surface area (Å²) < 4.78 is 0. The maximum atomic E-state index is 13.2. The number of carboxylic acid groups (broad SMARTS) is 1. The Labute approximate surface area is 204 Å². The second kappa shape index (κ2) is 12.7. The zero-order valence-electron chi connectivity index (χ0n) is 19.8. The highest BCUT2D eigenvalue weighted by Gasteiger charge is 2.38. The molecule has 2 fully saturated rings. The average Bonchev–Trinajstić information content (AvgIpc) is 3.67. The maximum Gasteiger partial charge on any atom is 0.323 e. The van der Waals surface area contributed by atoms with Gasteiger partial charge in [0.05, 0.1) is 12.8 Å². The van der Waals surface area contributed by atoms with Crippen molar-refractivity contribution in [2.75, 3.05) is 26.2 Å². The number of nitrogens with zero attached hydrogens (tertiary/aromatic N) is 3. The molecule has 1 saturated heterocycles. The number of aliphatic carboxylic acids is 1. The molecule has 3 rings (SSSR count). The predicted octanol–water partition coefficient (Wildman–Crippen LogP) is -0.0902. The van der Waals surface area contributed by atoms with Crippen LogP contribution in [0, 0.1) is 5.92 Å². The minimum Gasteiger partial charge on any atom is -0.480 e. The Balaban J connectivity index is 1.62. The summed E-state index contributed by atoms with van der Waals surface area (Å²) in [6, 6.07) is 7.75. The van der Waals surface area contributed by atoms with Gasteiger partial charge in [-0.05, 0) is 37.2 Å². The number of carboxylic acids is 1. The van der Waals surface area contributed by atoms with Crippen LogP contribution in [0.1, 0.15) is 37.7 Å². The second-order valence-electron chi connectivity index (χ2n) is 9.15. The van der Waals surface area contributed by atoms with E-state index in [1.54, 1.807) is 18.5 Å². The van der Waals surface area contributed by atoms with E-state index in [4.69, 9.17) is 5.84 Å². The molecular formula is C24H34N6O5. The van der Waals surface area contributed by atoms with Crippen molar-refractivity contribution in [2.24, 2.45) is 16.9 Å². The van der Waals surface area contributed by atoms with Gasteiger partial charge in [0.15, 0.2) is 0 Å². The van der Waals surface area contributed by atoms with E-state index < -0.39 is 30.4 Å². The number of piperidine rings is 1. The molecule has 1 aromatic rings. The van der Waals surface area contributed by atoms with Gasteiger partial charge in [-0.15, -0.1) is 0 Å². The first-order chi connectivity index (χ1) is 16.9. The minimum atomic E-state index is -1.14. The maximum absolute atomic E-state index is 13.2. The van der Waals surface area contributed by atoms with E-state index in [9.17, 15) is 24.3 Å². The van der Waals surface area contributed by atoms with E-state index in [0.29, 0.717) is 25.9 Å². The first kappa shape index (κ1) is 26.0. The Morgan fingerprint density at radius 2 is 1.91 bits per heavy atom. The lowest BCUT2D eigenvalue weighted by Gasteiger charge is -2.31. The average molecular weight is 487 g/mol. The number of hydrogen-bond donors (Lipinski definition) is 4. The largest absolute Gasteiger partial charge is 0.480 e. The molecule has 0 unspecified atom stereocenters. The van der Waals surface area contributed by atoms with Gasteiger partial charge in [0.25, 0.3) is 0 Å². The van der Waals surface area contributed by atoms with E-state index in [1.807, 2.05) is 23.1 Å². The van der Waals surface area contributed by atoms with Crippen molar-refractivity contribution in [3.05, 3.63) is 35.9 Å². The van der Waals surface area contributed by atoms with E-state index >= 15 is 0 Å². The standard InChI is InChI=1S/C24H34N6O5/c25-27-16-29-10-4-7-18(14-29)13-26-21(31)12-20(24(35)30(15-23(33)34)19-8-9-19)28-22(32)11-17-5-2-1-3-6-17/h1-3,5-6,16,18-20H,4,7-15,25H2,(H,26,31)(H,28,32)(H,33,34)/t18-,20-/m0/s1. The van der Waals surface area contributed by atoms with Crippen molar-refractivity contribution in [3.63, 3.8) is 0 Å². The Morgan fingerprint density at radius 3 is 2.57 bits per heavy atom. The number of rotatable bonds is 12. The van der Waals surface area contributed by atoms with Crippen molar-refractivity contribution in [2.45, 2.75) is 50.6 Å². The van der Waals surface area contributed by atoms with Gasteiger partial charge in [0.2, 0.25) is 17.7 Å². The fourth-order valence-corrected chi connectivity index (χ4v) is 4.32. The van der Waals surface area contributed by atoms with Gasteiger partial charge in [-0.1, -0.05) is 30.3 Å². The monoisotopic (exact) mass is 486 g/mol. The van der Waals surface area contributed by atoms with Crippen LogP contribution >= 0.6 is 0 Å². The molecular weight excluding hydrogens is 452 g/mol. The molecule has 5 N–H and O–H groups in total. The molecule has 0 radical (unpaired) electrons. The minimum absolute atomic E-state index is 0.0508. The lowest BCUT2D eigenvalue weighted by atomic mass is 9.98. The van der Waals surface area contributed by atoms with E-state index in [1.165, 1.54) is 4.90 Å². The Bertz CT molecular complexity index is 920. The summed E-state index contributed by atoms with van der Waals surface area (Å²) in [4.78, 5) is 53.3. The highest BCUT2D eigenvalue weighted by molar-refractivity contribution is 5.94. The zero-order valence-corrected chi connectivity index (χ0v) is 19.8. The highest BCUT2D eigenvalue weighted by atomic mass is 16.4. The van der Waals surface area contributed by atoms with E-state index in [2.05, 4.69) is 15.7 Å². The molecule has 1 aliphatic heterocycles. The zero-order chi connectivity index (χ0) is 25.2. The van der Waals surface area contributed by atoms with Crippen molar-refractivity contribution in [3.8, 4) is 0 Å². The third kappa shape index (κ3) is 8.58. The summed E-state index contributed by atoms with van der Waals surface area (Å²) >= 11 is 0. The fraction of sp³-hybridized carbons (Fsp3) is 0.542. The summed E-state index contributed by atoms with van der Waals surface area (Å²) in [6.45, 7) is 1.53. The SMILES string of the molecule is NN=CN1CCC[C@@H](CNC(=O)C[C@H](NC(=O)Cc2ccccc2)C(=O)N(CC(=O)O)C2CC2)C1. The van der Waals surface area contributed by atoms with Gasteiger partial charge < -0.3 is 31.4 Å². The van der Waals surface area contributed by atoms with Crippen LogP contribution < -0.4 is 16.5 Å². The predicted molar refractivity (Wildman–Crippen MR) is 129 cm³/mol. The topological polar surface area (TPSA) is 157 Å². The van der Waals surface area contributed by atoms with E-state index in [0.717, 1.165) is 24.9 Å². The smallest absolute Gasteiger partial charge is 0.323 e. The van der Waals surface area contributed by atoms with E-state index in [-0.39, 0.29) is 30.7 Å². The number of benzene rings is 1. The molecule has 1 aliphatic carbocycles. The van der Waals surface area contributed by atoms with Crippen LogP contribution in [0.25, 0.3) is 0 Å². The van der Waals surface area contributed by atoms with Crippen LogP contribution in [0.2, 0.25) is 0 Å². The van der Waals surface area contributed by atoms with Crippen molar-refractivity contribution in [1.29, 1.82) is 0 Å². The number of carbonyl (C=O) groups is 4. The van der Waals surface area contributed by atoms with Crippen LogP contribution in [0.5, 0.6) is 0 Å². The molecule has 2 atom stereocenters. The normalized spacial score (nSPS) is 18.6. The van der Waals surface area contributed by atoms with Crippen LogP contribution in [-0.2, 0) is 25.6 Å². The van der Waals surface area contributed by atoms with Gasteiger partial charge in [-0.25, -0.2) is 0 Å². The number of hydrogen-bond acceptors (Lipinski definition) is 6. The Kier molecular flexibility index (Phi) is 9.45. The van der Waals surface area contributed by atoms with Gasteiger partial charge in [-0.3, -0.25) is 19.2 Å². The van der Waals surface area contributed by atoms with Gasteiger partial charge in [-0.2, -0.15) is 5.10 Å². The summed E-state index contributed by atoms with van der Waals surface area (Å²) in [5.41, 5.74) is 0.771. The summed E-state index contributed by atoms with van der Waals surface area (Å²) in [6.07, 6.45) is 4.69. The van der Waals surface area contributed by atoms with Crippen molar-refractivity contribution >= 4 is 30.0 Å². The number of amides is 3. The first-order valence-electron chi connectivity index (χ1n) is 12.0. The summed E-state index contributed by atoms with van der Waals surface area (Å²) in [7, 11) is 0. The third-order valence-electron chi connectivity index (χ3n) is 6.17. The first-order valence-corrected chi connectivity index (χ1v) is 12.0. The molecule has 1 heterocycles. The molecule has 11 heteroatoms. The molecule has 190 valence electrons. The number of nitrogens with two attached hydrogens (primary N) is 1. The molecule has 1 saturated carbocycles. The molecule has 2 aliphatic rings. The van der Waals surface area contributed by atoms with Crippen molar-refractivity contribution < 1.29 is 24.3 Å². The van der Waals surface area contributed by atoms with Crippen LogP contribution in [0.3, 0.4) is 0 Å². The van der Waals surface area contributed by atoms with Crippen LogP contribution in [0.15, 0.2) is 35.4 Å². The third-order valence-corrected chi connectivity index (χ3v) is 6.17. The Morgan fingerprint density at radius 1 is 1.17 bits per heavy atom. The van der Waals surface area contributed by atoms with Gasteiger partial charge in [0.1, 0.15) is 18.9 Å². The molecule has 3 amide bonds. The lowest BCUT2D eigenvalue weighted by molar-refractivity contribution is -0.146. The van der Waals surface area contributed by atoms with Crippen molar-refractivity contribution in [1.82, 2.24) is 20.4 Å². The lowest BCUT2D eigenvalue weighted by Crippen LogP contribution is -2.53. The molecule has 1 aromatic carbocycles. The molecule has 0 spiro atoms. The quantitative estimate of drug-likeness (QED) is 0.139. The molecule has 35 heavy (non-hydrogen) atoms.